The lowest BCUT2D eigenvalue weighted by atomic mass is 10.5. The molecule has 62 valence electrons. The third kappa shape index (κ3) is 30.7. The molecule has 0 aliphatic heterocycles. The maximum atomic E-state index is 9.55. The van der Waals surface area contributed by atoms with Gasteiger partial charge in [-0.2, -0.15) is 0 Å². The van der Waals surface area contributed by atoms with E-state index in [1.54, 1.807) is 0 Å². The summed E-state index contributed by atoms with van der Waals surface area (Å²) in [5, 5.41) is 15.6. The Balaban J connectivity index is 0. The van der Waals surface area contributed by atoms with E-state index in [2.05, 4.69) is 12.3 Å². The molecule has 0 radical (unpaired) electrons. The van der Waals surface area contributed by atoms with Gasteiger partial charge in [0, 0.05) is 12.2 Å². The fraction of sp³-hybridized carbons (Fsp3) is 0. The molecule has 5 heteroatoms. The first kappa shape index (κ1) is 12.0. The zero-order valence-electron chi connectivity index (χ0n) is 5.73. The summed E-state index contributed by atoms with van der Waals surface area (Å²) >= 11 is 0. The lowest BCUT2D eigenvalue weighted by Gasteiger charge is -1.74. The van der Waals surface area contributed by atoms with Gasteiger partial charge in [0.1, 0.15) is 0 Å². The van der Waals surface area contributed by atoms with Gasteiger partial charge in [0.15, 0.2) is 0 Å². The molecule has 5 nitrogen and oxygen atoms in total. The largest absolute Gasteiger partial charge is 0.478 e. The summed E-state index contributed by atoms with van der Waals surface area (Å²) in [6, 6.07) is 0. The van der Waals surface area contributed by atoms with Crippen molar-refractivity contribution in [1.29, 1.82) is 0 Å². The molecule has 11 heavy (non-hydrogen) atoms. The molecular formula is C6H9NO4. The van der Waals surface area contributed by atoms with Crippen molar-refractivity contribution in [3.63, 3.8) is 0 Å². The SMILES string of the molecule is C=CN.O=C(O)C=CC(=O)O. The molecule has 0 aromatic heterocycles. The van der Waals surface area contributed by atoms with E-state index in [0.29, 0.717) is 12.2 Å². The molecule has 0 amide bonds. The third-order valence-electron chi connectivity index (χ3n) is 0.368. The fourth-order valence-electron chi connectivity index (χ4n) is 0.143. The Morgan fingerprint density at radius 2 is 1.36 bits per heavy atom. The summed E-state index contributed by atoms with van der Waals surface area (Å²) in [6.07, 6.45) is 2.37. The summed E-state index contributed by atoms with van der Waals surface area (Å²) in [5.74, 6) is -2.51. The smallest absolute Gasteiger partial charge is 0.328 e. The van der Waals surface area contributed by atoms with Crippen LogP contribution in [0.3, 0.4) is 0 Å². The van der Waals surface area contributed by atoms with Crippen molar-refractivity contribution >= 4 is 11.9 Å². The van der Waals surface area contributed by atoms with Gasteiger partial charge in [-0.25, -0.2) is 9.59 Å². The molecule has 0 rings (SSSR count). The zero-order valence-corrected chi connectivity index (χ0v) is 5.73. The van der Waals surface area contributed by atoms with Crippen molar-refractivity contribution in [3.8, 4) is 0 Å². The van der Waals surface area contributed by atoms with Gasteiger partial charge in [-0.15, -0.1) is 0 Å². The van der Waals surface area contributed by atoms with Crippen LogP contribution >= 0.6 is 0 Å². The maximum absolute atomic E-state index is 9.55. The highest BCUT2D eigenvalue weighted by Gasteiger charge is 1.88. The first-order valence-corrected chi connectivity index (χ1v) is 2.51. The van der Waals surface area contributed by atoms with Gasteiger partial charge in [-0.1, -0.05) is 6.58 Å². The number of carboxylic acid groups (broad SMARTS) is 2. The maximum Gasteiger partial charge on any atom is 0.328 e. The van der Waals surface area contributed by atoms with Crippen molar-refractivity contribution in [1.82, 2.24) is 0 Å². The summed E-state index contributed by atoms with van der Waals surface area (Å²) < 4.78 is 0. The van der Waals surface area contributed by atoms with E-state index in [1.807, 2.05) is 0 Å². The Hall–Kier alpha value is -1.78. The van der Waals surface area contributed by atoms with Crippen LogP contribution in [0.5, 0.6) is 0 Å². The number of rotatable bonds is 2. The highest BCUT2D eigenvalue weighted by molar-refractivity contribution is 5.89. The Kier molecular flexibility index (Phi) is 8.93. The number of nitrogens with two attached hydrogens (primary N) is 1. The van der Waals surface area contributed by atoms with Crippen LogP contribution in [-0.4, -0.2) is 22.2 Å². The van der Waals surface area contributed by atoms with Gasteiger partial charge in [0.05, 0.1) is 0 Å². The molecule has 0 aromatic carbocycles. The number of carboxylic acids is 2. The lowest BCUT2D eigenvalue weighted by molar-refractivity contribution is -0.134. The normalized spacial score (nSPS) is 8.00. The summed E-state index contributed by atoms with van der Waals surface area (Å²) in [4.78, 5) is 19.1. The molecule has 0 spiro atoms. The number of aliphatic carboxylic acids is 2. The standard InChI is InChI=1S/C4H4O4.C2H5N/c5-3(6)1-2-4(7)8;1-2-3/h1-2H,(H,5,6)(H,7,8);2H,1,3H2. The van der Waals surface area contributed by atoms with E-state index < -0.39 is 11.9 Å². The van der Waals surface area contributed by atoms with Gasteiger partial charge >= 0.3 is 11.9 Å². The molecule has 0 saturated carbocycles. The molecule has 0 aliphatic carbocycles. The topological polar surface area (TPSA) is 101 Å². The van der Waals surface area contributed by atoms with Gasteiger partial charge in [0.25, 0.3) is 0 Å². The van der Waals surface area contributed by atoms with Crippen LogP contribution in [0, 0.1) is 0 Å². The van der Waals surface area contributed by atoms with Crippen LogP contribution in [0.25, 0.3) is 0 Å². The van der Waals surface area contributed by atoms with Crippen LogP contribution in [-0.2, 0) is 9.59 Å². The molecule has 0 aliphatic rings. The first-order valence-electron chi connectivity index (χ1n) is 2.51. The molecule has 0 fully saturated rings. The van der Waals surface area contributed by atoms with E-state index in [1.165, 1.54) is 6.20 Å². The molecule has 4 N–H and O–H groups in total. The van der Waals surface area contributed by atoms with Crippen LogP contribution < -0.4 is 5.73 Å². The van der Waals surface area contributed by atoms with Crippen LogP contribution in [0.2, 0.25) is 0 Å². The van der Waals surface area contributed by atoms with Crippen molar-refractivity contribution in [2.45, 2.75) is 0 Å². The quantitative estimate of drug-likeness (QED) is 0.484. The van der Waals surface area contributed by atoms with Gasteiger partial charge in [-0.05, 0) is 6.20 Å². The van der Waals surface area contributed by atoms with Crippen LogP contribution in [0.1, 0.15) is 0 Å². The Morgan fingerprint density at radius 1 is 1.18 bits per heavy atom. The highest BCUT2D eigenvalue weighted by atomic mass is 16.4. The van der Waals surface area contributed by atoms with Crippen molar-refractivity contribution < 1.29 is 19.8 Å². The van der Waals surface area contributed by atoms with Gasteiger partial charge in [0.2, 0.25) is 0 Å². The number of hydrogen-bond donors (Lipinski definition) is 3. The lowest BCUT2D eigenvalue weighted by Crippen LogP contribution is -1.91. The Morgan fingerprint density at radius 3 is 1.45 bits per heavy atom. The average molecular weight is 159 g/mol. The Labute approximate surface area is 63.4 Å². The van der Waals surface area contributed by atoms with E-state index >= 15 is 0 Å². The van der Waals surface area contributed by atoms with E-state index in [4.69, 9.17) is 10.2 Å². The molecule has 0 saturated heterocycles. The molecule has 0 atom stereocenters. The van der Waals surface area contributed by atoms with Crippen molar-refractivity contribution in [2.24, 2.45) is 5.73 Å². The monoisotopic (exact) mass is 159 g/mol. The molecule has 0 bridgehead atoms. The predicted molar refractivity (Wildman–Crippen MR) is 38.8 cm³/mol. The second-order valence-electron chi connectivity index (χ2n) is 1.25. The molecule has 0 aromatic rings. The van der Waals surface area contributed by atoms with E-state index in [9.17, 15) is 9.59 Å². The molecular weight excluding hydrogens is 150 g/mol. The fourth-order valence-corrected chi connectivity index (χ4v) is 0.143. The third-order valence-corrected chi connectivity index (χ3v) is 0.368. The van der Waals surface area contributed by atoms with Gasteiger partial charge in [-0.3, -0.25) is 0 Å². The predicted octanol–water partition coefficient (Wildman–Crippen LogP) is -0.200. The first-order chi connectivity index (χ1) is 5.04. The average Bonchev–Trinajstić information content (AvgIpc) is 1.85. The molecule has 0 heterocycles. The van der Waals surface area contributed by atoms with Crippen LogP contribution in [0.4, 0.5) is 0 Å². The number of hydrogen-bond acceptors (Lipinski definition) is 3. The summed E-state index contributed by atoms with van der Waals surface area (Å²) in [6.45, 7) is 3.14. The minimum Gasteiger partial charge on any atom is -0.478 e. The second kappa shape index (κ2) is 8.22. The number of carbonyl (C=O) groups is 2. The summed E-state index contributed by atoms with van der Waals surface area (Å²) in [5.41, 5.74) is 4.61. The Bertz CT molecular complexity index is 157. The van der Waals surface area contributed by atoms with Gasteiger partial charge < -0.3 is 15.9 Å². The van der Waals surface area contributed by atoms with E-state index in [0.717, 1.165) is 0 Å². The zero-order chi connectivity index (χ0) is 9.28. The van der Waals surface area contributed by atoms with Crippen molar-refractivity contribution in [2.75, 3.05) is 0 Å². The van der Waals surface area contributed by atoms with E-state index in [-0.39, 0.29) is 0 Å². The second-order valence-corrected chi connectivity index (χ2v) is 1.25. The minimum atomic E-state index is -1.26. The van der Waals surface area contributed by atoms with Crippen LogP contribution in [0.15, 0.2) is 24.9 Å². The molecule has 0 unspecified atom stereocenters. The summed E-state index contributed by atoms with van der Waals surface area (Å²) in [7, 11) is 0. The highest BCUT2D eigenvalue weighted by Crippen LogP contribution is 1.70. The minimum absolute atomic E-state index is 0.558. The van der Waals surface area contributed by atoms with Crippen molar-refractivity contribution in [3.05, 3.63) is 24.9 Å².